The van der Waals surface area contributed by atoms with Crippen molar-refractivity contribution in [3.8, 4) is 0 Å². The first kappa shape index (κ1) is 30.0. The van der Waals surface area contributed by atoms with Crippen LogP contribution in [0.2, 0.25) is 0 Å². The Morgan fingerprint density at radius 2 is 0.622 bits per heavy atom. The third-order valence-corrected chi connectivity index (χ3v) is 8.59. The van der Waals surface area contributed by atoms with Crippen molar-refractivity contribution in [2.75, 3.05) is 9.80 Å². The molecule has 0 aromatic heterocycles. The Morgan fingerprint density at radius 1 is 0.356 bits per heavy atom. The number of hydrogen-bond acceptors (Lipinski definition) is 2. The van der Waals surface area contributed by atoms with E-state index in [9.17, 15) is 0 Å². The average molecular weight is 587 g/mol. The molecule has 0 fully saturated rings. The maximum atomic E-state index is 2.47. The highest BCUT2D eigenvalue weighted by molar-refractivity contribution is 5.53. The molecule has 0 bridgehead atoms. The fourth-order valence-corrected chi connectivity index (χ4v) is 6.19. The van der Waals surface area contributed by atoms with Crippen molar-refractivity contribution >= 4 is 11.4 Å². The fourth-order valence-electron chi connectivity index (χ4n) is 6.19. The highest BCUT2D eigenvalue weighted by atomic mass is 15.1. The molecule has 0 N–H and O–H groups in total. The molecule has 0 aliphatic heterocycles. The van der Waals surface area contributed by atoms with E-state index in [2.05, 4.69) is 187 Å². The van der Waals surface area contributed by atoms with Gasteiger partial charge in [-0.1, -0.05) is 153 Å². The molecule has 0 radical (unpaired) electrons. The Labute approximate surface area is 269 Å². The smallest absolute Gasteiger partial charge is 0.0433 e. The molecular weight excluding hydrogens is 544 g/mol. The van der Waals surface area contributed by atoms with Crippen molar-refractivity contribution < 1.29 is 0 Å². The van der Waals surface area contributed by atoms with Gasteiger partial charge in [0.1, 0.15) is 0 Å². The molecule has 0 unspecified atom stereocenters. The molecule has 0 spiro atoms. The predicted molar refractivity (Wildman–Crippen MR) is 191 cm³/mol. The van der Waals surface area contributed by atoms with Crippen LogP contribution in [0.3, 0.4) is 0 Å². The first-order valence-electron chi connectivity index (χ1n) is 16.1. The second-order valence-electron chi connectivity index (χ2n) is 11.8. The molecule has 2 nitrogen and oxygen atoms in total. The summed E-state index contributed by atoms with van der Waals surface area (Å²) < 4.78 is 0. The first-order chi connectivity index (χ1) is 22.2. The summed E-state index contributed by atoms with van der Waals surface area (Å²) in [5.41, 5.74) is 10.5. The summed E-state index contributed by atoms with van der Waals surface area (Å²) in [6, 6.07) is 61.6. The van der Waals surface area contributed by atoms with E-state index in [4.69, 9.17) is 0 Å². The van der Waals surface area contributed by atoms with E-state index in [1.165, 1.54) is 44.8 Å². The van der Waals surface area contributed by atoms with Gasteiger partial charge in [-0.05, 0) is 64.1 Å². The monoisotopic (exact) mass is 586 g/mol. The Kier molecular flexibility index (Phi) is 10.0. The van der Waals surface area contributed by atoms with Crippen molar-refractivity contribution in [3.05, 3.63) is 203 Å². The van der Waals surface area contributed by atoms with Crippen molar-refractivity contribution in [2.45, 2.75) is 45.4 Å². The van der Waals surface area contributed by atoms with Crippen molar-refractivity contribution in [2.24, 2.45) is 0 Å². The largest absolute Gasteiger partial charge is 0.363 e. The summed E-state index contributed by atoms with van der Waals surface area (Å²) in [5, 5.41) is 0. The van der Waals surface area contributed by atoms with Gasteiger partial charge in [-0.3, -0.25) is 0 Å². The van der Waals surface area contributed by atoms with E-state index in [0.717, 1.165) is 32.6 Å². The molecule has 0 atom stereocenters. The van der Waals surface area contributed by atoms with Gasteiger partial charge in [-0.25, -0.2) is 0 Å². The van der Waals surface area contributed by atoms with E-state index in [1.807, 2.05) is 0 Å². The summed E-state index contributed by atoms with van der Waals surface area (Å²) in [5.74, 6) is 0.349. The Bertz CT molecular complexity index is 1490. The van der Waals surface area contributed by atoms with E-state index < -0.39 is 0 Å². The average Bonchev–Trinajstić information content (AvgIpc) is 3.10. The summed E-state index contributed by atoms with van der Waals surface area (Å²) in [6.07, 6.45) is 1.05. The fraction of sp³-hybridized carbons (Fsp3) is 0.163. The van der Waals surface area contributed by atoms with E-state index in [1.54, 1.807) is 0 Å². The maximum Gasteiger partial charge on any atom is 0.0433 e. The second-order valence-corrected chi connectivity index (χ2v) is 11.8. The molecule has 6 rings (SSSR count). The van der Waals surface area contributed by atoms with Gasteiger partial charge in [0.05, 0.1) is 0 Å². The van der Waals surface area contributed by atoms with Crippen molar-refractivity contribution in [1.82, 2.24) is 0 Å². The summed E-state index contributed by atoms with van der Waals surface area (Å²) in [6.45, 7) is 5.78. The zero-order valence-corrected chi connectivity index (χ0v) is 26.2. The third-order valence-electron chi connectivity index (χ3n) is 8.59. The highest BCUT2D eigenvalue weighted by Crippen LogP contribution is 2.32. The normalized spacial score (nSPS) is 11.0. The molecule has 6 aromatic rings. The Hall–Kier alpha value is -5.08. The lowest BCUT2D eigenvalue weighted by atomic mass is 9.89. The molecule has 0 saturated carbocycles. The number of nitrogens with zero attached hydrogens (tertiary/aromatic N) is 2. The van der Waals surface area contributed by atoms with Crippen LogP contribution in [0.15, 0.2) is 170 Å². The Balaban J connectivity index is 1.21. The molecule has 224 valence electrons. The zero-order valence-electron chi connectivity index (χ0n) is 26.2. The van der Waals surface area contributed by atoms with Gasteiger partial charge >= 0.3 is 0 Å². The van der Waals surface area contributed by atoms with Crippen molar-refractivity contribution in [3.63, 3.8) is 0 Å². The van der Waals surface area contributed by atoms with Crippen LogP contribution in [0.5, 0.6) is 0 Å². The summed E-state index contributed by atoms with van der Waals surface area (Å²) in [4.78, 5) is 4.94. The second kappa shape index (κ2) is 15.1. The number of benzene rings is 6. The van der Waals surface area contributed by atoms with Crippen LogP contribution in [0, 0.1) is 0 Å². The van der Waals surface area contributed by atoms with Crippen LogP contribution < -0.4 is 9.80 Å². The van der Waals surface area contributed by atoms with Crippen LogP contribution in [0.4, 0.5) is 11.4 Å². The highest BCUT2D eigenvalue weighted by Gasteiger charge is 2.16. The van der Waals surface area contributed by atoms with Gasteiger partial charge in [-0.2, -0.15) is 0 Å². The molecule has 0 amide bonds. The van der Waals surface area contributed by atoms with Crippen LogP contribution in [-0.2, 0) is 26.2 Å². The standard InChI is InChI=1S/C43H42N2/c1-2-43(39-23-27-41(28-24-39)44(31-35-15-7-3-8-16-35)32-36-17-9-4-10-18-36)40-25-29-42(30-26-40)45(33-37-19-11-5-12-20-37)34-38-21-13-6-14-22-38/h3-30,43H,2,31-34H2,1H3. The lowest BCUT2D eigenvalue weighted by Gasteiger charge is -2.27. The Morgan fingerprint density at radius 3 is 0.867 bits per heavy atom. The van der Waals surface area contributed by atoms with Gasteiger partial charge in [-0.15, -0.1) is 0 Å². The number of hydrogen-bond donors (Lipinski definition) is 0. The quantitative estimate of drug-likeness (QED) is 0.133. The van der Waals surface area contributed by atoms with Gasteiger partial charge < -0.3 is 9.80 Å². The van der Waals surface area contributed by atoms with Crippen molar-refractivity contribution in [1.29, 1.82) is 0 Å². The van der Waals surface area contributed by atoms with Gasteiger partial charge in [0, 0.05) is 43.5 Å². The lowest BCUT2D eigenvalue weighted by Crippen LogP contribution is -2.22. The third kappa shape index (κ3) is 8.10. The molecule has 0 saturated heterocycles. The summed E-state index contributed by atoms with van der Waals surface area (Å²) >= 11 is 0. The SMILES string of the molecule is CCC(c1ccc(N(Cc2ccccc2)Cc2ccccc2)cc1)c1ccc(N(Cc2ccccc2)Cc2ccccc2)cc1. The lowest BCUT2D eigenvalue weighted by molar-refractivity contribution is 0.770. The van der Waals surface area contributed by atoms with Crippen LogP contribution >= 0.6 is 0 Å². The van der Waals surface area contributed by atoms with Crippen LogP contribution in [0.1, 0.15) is 52.6 Å². The minimum absolute atomic E-state index is 0.349. The van der Waals surface area contributed by atoms with E-state index >= 15 is 0 Å². The molecule has 6 aromatic carbocycles. The molecule has 0 aliphatic rings. The molecule has 0 heterocycles. The predicted octanol–water partition coefficient (Wildman–Crippen LogP) is 10.6. The topological polar surface area (TPSA) is 6.48 Å². The first-order valence-corrected chi connectivity index (χ1v) is 16.1. The van der Waals surface area contributed by atoms with E-state index in [0.29, 0.717) is 5.92 Å². The van der Waals surface area contributed by atoms with E-state index in [-0.39, 0.29) is 0 Å². The van der Waals surface area contributed by atoms with Gasteiger partial charge in [0.15, 0.2) is 0 Å². The molecule has 2 heteroatoms. The molecule has 0 aliphatic carbocycles. The zero-order chi connectivity index (χ0) is 30.7. The van der Waals surface area contributed by atoms with Crippen LogP contribution in [-0.4, -0.2) is 0 Å². The van der Waals surface area contributed by atoms with Gasteiger partial charge in [0.2, 0.25) is 0 Å². The van der Waals surface area contributed by atoms with Crippen LogP contribution in [0.25, 0.3) is 0 Å². The minimum Gasteiger partial charge on any atom is -0.363 e. The minimum atomic E-state index is 0.349. The maximum absolute atomic E-state index is 2.47. The number of anilines is 2. The number of rotatable bonds is 13. The van der Waals surface area contributed by atoms with Gasteiger partial charge in [0.25, 0.3) is 0 Å². The molecule has 45 heavy (non-hydrogen) atoms. The summed E-state index contributed by atoms with van der Waals surface area (Å²) in [7, 11) is 0. The molecular formula is C43H42N2.